The summed E-state index contributed by atoms with van der Waals surface area (Å²) in [5, 5.41) is 3.58. The van der Waals surface area contributed by atoms with Crippen molar-refractivity contribution in [3.8, 4) is 0 Å². The summed E-state index contributed by atoms with van der Waals surface area (Å²) in [7, 11) is 8.37. The third-order valence-corrected chi connectivity index (χ3v) is 4.60. The highest BCUT2D eigenvalue weighted by molar-refractivity contribution is 5.03. The molecule has 17 heavy (non-hydrogen) atoms. The van der Waals surface area contributed by atoms with Crippen molar-refractivity contribution < 1.29 is 4.74 Å². The van der Waals surface area contributed by atoms with Crippen LogP contribution in [0.3, 0.4) is 0 Å². The van der Waals surface area contributed by atoms with E-state index >= 15 is 0 Å². The van der Waals surface area contributed by atoms with Crippen LogP contribution in [0.15, 0.2) is 0 Å². The molecule has 0 spiro atoms. The minimum Gasteiger partial charge on any atom is -0.385 e. The summed E-state index contributed by atoms with van der Waals surface area (Å²) >= 11 is 0. The fraction of sp³-hybridized carbons (Fsp3) is 1.00. The van der Waals surface area contributed by atoms with Crippen molar-refractivity contribution in [1.29, 1.82) is 0 Å². The summed E-state index contributed by atoms with van der Waals surface area (Å²) in [4.78, 5) is 2.45. The summed E-state index contributed by atoms with van der Waals surface area (Å²) < 4.78 is 5.22. The first-order valence-corrected chi connectivity index (χ1v) is 6.92. The molecule has 2 atom stereocenters. The molecule has 0 amide bonds. The Hall–Kier alpha value is -0.120. The molecule has 1 aliphatic rings. The molecule has 1 rings (SSSR count). The van der Waals surface area contributed by atoms with Gasteiger partial charge in [0.05, 0.1) is 0 Å². The highest BCUT2D eigenvalue weighted by atomic mass is 16.5. The Morgan fingerprint density at radius 1 is 1.29 bits per heavy atom. The van der Waals surface area contributed by atoms with Gasteiger partial charge in [-0.1, -0.05) is 19.8 Å². The first kappa shape index (κ1) is 14.9. The minimum absolute atomic E-state index is 0.349. The molecule has 0 saturated heterocycles. The summed E-state index contributed by atoms with van der Waals surface area (Å²) in [6.45, 7) is 3.21. The average molecular weight is 242 g/mol. The molecule has 3 nitrogen and oxygen atoms in total. The van der Waals surface area contributed by atoms with E-state index in [4.69, 9.17) is 4.74 Å². The van der Waals surface area contributed by atoms with Crippen LogP contribution in [0, 0.1) is 5.92 Å². The lowest BCUT2D eigenvalue weighted by Gasteiger charge is -2.46. The predicted molar refractivity (Wildman–Crippen MR) is 73.4 cm³/mol. The van der Waals surface area contributed by atoms with Gasteiger partial charge in [0.25, 0.3) is 0 Å². The number of hydrogen-bond acceptors (Lipinski definition) is 3. The van der Waals surface area contributed by atoms with E-state index in [9.17, 15) is 0 Å². The predicted octanol–water partition coefficient (Wildman–Crippen LogP) is 2.12. The number of nitrogens with zero attached hydrogens (tertiary/aromatic N) is 1. The first-order valence-electron chi connectivity index (χ1n) is 6.92. The second kappa shape index (κ2) is 6.72. The van der Waals surface area contributed by atoms with Crippen LogP contribution in [0.2, 0.25) is 0 Å². The van der Waals surface area contributed by atoms with Crippen LogP contribution in [-0.2, 0) is 4.74 Å². The average Bonchev–Trinajstić information content (AvgIpc) is 2.77. The third kappa shape index (κ3) is 3.21. The third-order valence-electron chi connectivity index (χ3n) is 4.60. The Kier molecular flexibility index (Phi) is 5.90. The second-order valence-electron chi connectivity index (χ2n) is 5.73. The maximum Gasteiger partial charge on any atom is 0.0465 e. The highest BCUT2D eigenvalue weighted by Gasteiger charge is 2.44. The Bertz CT molecular complexity index is 212. The van der Waals surface area contributed by atoms with Crippen LogP contribution in [0.5, 0.6) is 0 Å². The van der Waals surface area contributed by atoms with Crippen molar-refractivity contribution in [2.45, 2.75) is 50.6 Å². The molecule has 0 aromatic rings. The van der Waals surface area contributed by atoms with Gasteiger partial charge in [-0.3, -0.25) is 0 Å². The molecule has 0 bridgehead atoms. The largest absolute Gasteiger partial charge is 0.385 e. The number of likely N-dealkylation sites (N-methyl/N-ethyl adjacent to an activating group) is 2. The Morgan fingerprint density at radius 2 is 1.88 bits per heavy atom. The van der Waals surface area contributed by atoms with Crippen LogP contribution in [0.1, 0.15) is 39.0 Å². The smallest absolute Gasteiger partial charge is 0.0465 e. The van der Waals surface area contributed by atoms with Crippen molar-refractivity contribution in [3.63, 3.8) is 0 Å². The summed E-state index contributed by atoms with van der Waals surface area (Å²) in [5.41, 5.74) is 0.349. The van der Waals surface area contributed by atoms with Crippen LogP contribution >= 0.6 is 0 Å². The lowest BCUT2D eigenvalue weighted by Crippen LogP contribution is -2.59. The summed E-state index contributed by atoms with van der Waals surface area (Å²) in [6.07, 6.45) is 6.52. The van der Waals surface area contributed by atoms with Crippen molar-refractivity contribution in [1.82, 2.24) is 10.2 Å². The number of methoxy groups -OCH3 is 1. The maximum atomic E-state index is 5.22. The lowest BCUT2D eigenvalue weighted by molar-refractivity contribution is 0.0692. The molecule has 1 saturated carbocycles. The van der Waals surface area contributed by atoms with E-state index in [0.717, 1.165) is 13.0 Å². The van der Waals surface area contributed by atoms with E-state index in [-0.39, 0.29) is 0 Å². The quantitative estimate of drug-likeness (QED) is 0.740. The molecule has 2 unspecified atom stereocenters. The van der Waals surface area contributed by atoms with E-state index in [0.29, 0.717) is 17.5 Å². The number of hydrogen-bond donors (Lipinski definition) is 1. The normalized spacial score (nSPS) is 22.9. The molecule has 102 valence electrons. The molecule has 1 N–H and O–H groups in total. The van der Waals surface area contributed by atoms with E-state index in [1.807, 2.05) is 0 Å². The van der Waals surface area contributed by atoms with Gasteiger partial charge in [-0.25, -0.2) is 0 Å². The SMILES string of the molecule is CNC(C(C)CCOC)C1(N(C)C)CCCC1. The van der Waals surface area contributed by atoms with Gasteiger partial charge in [-0.15, -0.1) is 0 Å². The number of ether oxygens (including phenoxy) is 1. The Labute approximate surface area is 107 Å². The zero-order chi connectivity index (χ0) is 12.9. The molecular formula is C14H30N2O. The molecule has 0 heterocycles. The number of nitrogens with one attached hydrogen (secondary N) is 1. The van der Waals surface area contributed by atoms with Gasteiger partial charge in [0.1, 0.15) is 0 Å². The highest BCUT2D eigenvalue weighted by Crippen LogP contribution is 2.39. The van der Waals surface area contributed by atoms with E-state index in [1.54, 1.807) is 7.11 Å². The standard InChI is InChI=1S/C14H30N2O/c1-12(8-11-17-5)13(15-2)14(16(3)4)9-6-7-10-14/h12-13,15H,6-11H2,1-5H3. The lowest BCUT2D eigenvalue weighted by atomic mass is 9.78. The van der Waals surface area contributed by atoms with Gasteiger partial charge in [-0.05, 0) is 46.3 Å². The van der Waals surface area contributed by atoms with Crippen LogP contribution in [0.4, 0.5) is 0 Å². The monoisotopic (exact) mass is 242 g/mol. The van der Waals surface area contributed by atoms with Gasteiger partial charge in [0.2, 0.25) is 0 Å². The van der Waals surface area contributed by atoms with Gasteiger partial charge >= 0.3 is 0 Å². The molecule has 0 aliphatic heterocycles. The maximum absolute atomic E-state index is 5.22. The summed E-state index contributed by atoms with van der Waals surface area (Å²) in [6, 6.07) is 0.565. The fourth-order valence-corrected chi connectivity index (χ4v) is 3.58. The first-order chi connectivity index (χ1) is 8.08. The van der Waals surface area contributed by atoms with Crippen LogP contribution in [-0.4, -0.2) is 51.3 Å². The molecule has 1 fully saturated rings. The Balaban J connectivity index is 2.75. The van der Waals surface area contributed by atoms with Gasteiger partial charge in [0, 0.05) is 25.3 Å². The van der Waals surface area contributed by atoms with Gasteiger partial charge < -0.3 is 15.0 Å². The zero-order valence-corrected chi connectivity index (χ0v) is 12.3. The fourth-order valence-electron chi connectivity index (χ4n) is 3.58. The molecule has 0 aromatic carbocycles. The van der Waals surface area contributed by atoms with E-state index in [2.05, 4.69) is 38.3 Å². The zero-order valence-electron chi connectivity index (χ0n) is 12.3. The van der Waals surface area contributed by atoms with Crippen LogP contribution < -0.4 is 5.32 Å². The Morgan fingerprint density at radius 3 is 2.29 bits per heavy atom. The molecule has 1 aliphatic carbocycles. The van der Waals surface area contributed by atoms with E-state index < -0.39 is 0 Å². The van der Waals surface area contributed by atoms with E-state index in [1.165, 1.54) is 25.7 Å². The van der Waals surface area contributed by atoms with Crippen molar-refractivity contribution >= 4 is 0 Å². The van der Waals surface area contributed by atoms with Crippen molar-refractivity contribution in [2.24, 2.45) is 5.92 Å². The molecule has 0 aromatic heterocycles. The number of rotatable bonds is 7. The van der Waals surface area contributed by atoms with Gasteiger partial charge in [0.15, 0.2) is 0 Å². The minimum atomic E-state index is 0.349. The second-order valence-corrected chi connectivity index (χ2v) is 5.73. The summed E-state index contributed by atoms with van der Waals surface area (Å²) in [5.74, 6) is 0.653. The van der Waals surface area contributed by atoms with Crippen molar-refractivity contribution in [2.75, 3.05) is 34.9 Å². The molecule has 0 radical (unpaired) electrons. The van der Waals surface area contributed by atoms with Gasteiger partial charge in [-0.2, -0.15) is 0 Å². The van der Waals surface area contributed by atoms with Crippen LogP contribution in [0.25, 0.3) is 0 Å². The molecular weight excluding hydrogens is 212 g/mol. The topological polar surface area (TPSA) is 24.5 Å². The van der Waals surface area contributed by atoms with Crippen molar-refractivity contribution in [3.05, 3.63) is 0 Å². The molecule has 3 heteroatoms.